The number of rotatable bonds is 5. The summed E-state index contributed by atoms with van der Waals surface area (Å²) in [7, 11) is -1.59. The van der Waals surface area contributed by atoms with Crippen molar-refractivity contribution in [1.82, 2.24) is 38.3 Å². The minimum atomic E-state index is -3.37. The van der Waals surface area contributed by atoms with Gasteiger partial charge < -0.3 is 19.1 Å². The highest BCUT2D eigenvalue weighted by Crippen LogP contribution is 2.30. The first-order chi connectivity index (χ1) is 19.5. The highest BCUT2D eigenvalue weighted by molar-refractivity contribution is 7.88. The number of hydrogen-bond acceptors (Lipinski definition) is 9. The highest BCUT2D eigenvalue weighted by atomic mass is 32.2. The molecule has 0 radical (unpaired) electrons. The zero-order chi connectivity index (χ0) is 29.1. The molecule has 0 unspecified atom stereocenters. The summed E-state index contributed by atoms with van der Waals surface area (Å²) in [4.78, 5) is 37.5. The van der Waals surface area contributed by atoms with Crippen LogP contribution in [0.5, 0.6) is 0 Å². The second-order valence-electron chi connectivity index (χ2n) is 11.2. The van der Waals surface area contributed by atoms with Crippen LogP contribution in [0.4, 0.5) is 5.82 Å². The molecule has 14 heteroatoms. The monoisotopic (exact) mass is 581 g/mol. The van der Waals surface area contributed by atoms with Crippen molar-refractivity contribution in [2.75, 3.05) is 57.1 Å². The van der Waals surface area contributed by atoms with Gasteiger partial charge >= 0.3 is 0 Å². The van der Waals surface area contributed by atoms with Crippen molar-refractivity contribution in [1.29, 1.82) is 0 Å². The third kappa shape index (κ3) is 4.73. The van der Waals surface area contributed by atoms with Crippen LogP contribution in [0.2, 0.25) is 0 Å². The lowest BCUT2D eigenvalue weighted by Crippen LogP contribution is -2.62. The number of piperazine rings is 1. The molecule has 4 aromatic rings. The minimum absolute atomic E-state index is 0.206. The van der Waals surface area contributed by atoms with Crippen LogP contribution in [0.1, 0.15) is 37.2 Å². The fourth-order valence-electron chi connectivity index (χ4n) is 5.75. The molecule has 13 nitrogen and oxygen atoms in total. The third-order valence-corrected chi connectivity index (χ3v) is 9.17. The van der Waals surface area contributed by atoms with E-state index in [0.717, 1.165) is 16.9 Å². The van der Waals surface area contributed by atoms with Gasteiger partial charge in [0.2, 0.25) is 21.8 Å². The Morgan fingerprint density at radius 2 is 1.76 bits per heavy atom. The number of aryl methyl sites for hydroxylation is 2. The average molecular weight is 582 g/mol. The largest absolute Gasteiger partial charge is 0.378 e. The Kier molecular flexibility index (Phi) is 6.74. The smallest absolute Gasteiger partial charge is 0.290 e. The Morgan fingerprint density at radius 1 is 1.02 bits per heavy atom. The molecule has 0 atom stereocenters. The number of hydrogen-bond donors (Lipinski definition) is 0. The zero-order valence-corrected chi connectivity index (χ0v) is 24.8. The summed E-state index contributed by atoms with van der Waals surface area (Å²) >= 11 is 0. The van der Waals surface area contributed by atoms with Gasteiger partial charge in [-0.2, -0.15) is 14.3 Å². The van der Waals surface area contributed by atoms with Gasteiger partial charge in [0.05, 0.1) is 36.0 Å². The molecule has 5 heterocycles. The fourth-order valence-corrected chi connectivity index (χ4v) is 6.71. The number of ether oxygens (including phenoxy) is 1. The number of para-hydroxylation sites is 2. The van der Waals surface area contributed by atoms with E-state index in [9.17, 15) is 13.2 Å². The number of fused-ring (bicyclic) bond motifs is 2. The van der Waals surface area contributed by atoms with E-state index < -0.39 is 15.6 Å². The highest BCUT2D eigenvalue weighted by Gasteiger charge is 2.41. The number of carbonyl (C=O) groups excluding carboxylic acids is 1. The third-order valence-electron chi connectivity index (χ3n) is 7.92. The summed E-state index contributed by atoms with van der Waals surface area (Å²) in [6.45, 7) is 8.89. The van der Waals surface area contributed by atoms with E-state index in [1.165, 1.54) is 10.6 Å². The van der Waals surface area contributed by atoms with Crippen molar-refractivity contribution < 1.29 is 17.9 Å². The normalized spacial score (nSPS) is 18.5. The molecule has 0 N–H and O–H groups in total. The number of aromatic nitrogens is 6. The summed E-state index contributed by atoms with van der Waals surface area (Å²) in [5.74, 6) is 1.90. The average Bonchev–Trinajstić information content (AvgIpc) is 3.49. The lowest BCUT2D eigenvalue weighted by Gasteiger charge is -2.45. The van der Waals surface area contributed by atoms with E-state index in [4.69, 9.17) is 24.7 Å². The fraction of sp³-hybridized carbons (Fsp3) is 0.519. The SMILES string of the molecule is CCc1nc2ccccc2n1-c1nc(N2CCOCC2)c2nc(C(=O)N3CCN(S(C)(=O)=O)CC3(C)C)n(C)c2n1. The van der Waals surface area contributed by atoms with Gasteiger partial charge in [0.1, 0.15) is 5.82 Å². The summed E-state index contributed by atoms with van der Waals surface area (Å²) < 4.78 is 35.1. The lowest BCUT2D eigenvalue weighted by molar-refractivity contribution is 0.0339. The Labute approximate surface area is 238 Å². The van der Waals surface area contributed by atoms with Gasteiger partial charge in [0.15, 0.2) is 17.0 Å². The van der Waals surface area contributed by atoms with E-state index in [1.807, 2.05) is 49.6 Å². The van der Waals surface area contributed by atoms with E-state index in [-0.39, 0.29) is 31.4 Å². The number of anilines is 1. The maximum absolute atomic E-state index is 14.0. The maximum atomic E-state index is 14.0. The molecule has 6 rings (SSSR count). The molecule has 41 heavy (non-hydrogen) atoms. The van der Waals surface area contributed by atoms with Gasteiger partial charge in [0.25, 0.3) is 5.91 Å². The van der Waals surface area contributed by atoms with Crippen LogP contribution in [0.25, 0.3) is 28.1 Å². The minimum Gasteiger partial charge on any atom is -0.378 e. The second-order valence-corrected chi connectivity index (χ2v) is 13.2. The Morgan fingerprint density at radius 3 is 2.44 bits per heavy atom. The number of benzene rings is 1. The van der Waals surface area contributed by atoms with Crippen LogP contribution in [0.3, 0.4) is 0 Å². The van der Waals surface area contributed by atoms with Gasteiger partial charge in [-0.1, -0.05) is 19.1 Å². The summed E-state index contributed by atoms with van der Waals surface area (Å²) in [5, 5.41) is 0. The van der Waals surface area contributed by atoms with Gasteiger partial charge in [-0.3, -0.25) is 9.36 Å². The second kappa shape index (κ2) is 10.0. The van der Waals surface area contributed by atoms with Gasteiger partial charge in [-0.15, -0.1) is 0 Å². The van der Waals surface area contributed by atoms with Crippen molar-refractivity contribution in [3.8, 4) is 5.95 Å². The molecule has 0 aliphatic carbocycles. The van der Waals surface area contributed by atoms with Crippen molar-refractivity contribution in [2.45, 2.75) is 32.7 Å². The molecule has 2 aliphatic rings. The Balaban J connectivity index is 1.49. The standard InChI is InChI=1S/C27H35N9O4S/c1-6-20-28-18-9-7-8-10-19(18)36(20)26-30-22-21(23(31-26)33-13-15-40-16-14-33)29-24(32(22)4)25(37)35-12-11-34(41(5,38)39)17-27(35,2)3/h7-10H,6,11-17H2,1-5H3. The molecule has 1 amide bonds. The van der Waals surface area contributed by atoms with Crippen LogP contribution in [-0.4, -0.2) is 110 Å². The molecule has 3 aromatic heterocycles. The molecule has 1 aromatic carbocycles. The zero-order valence-electron chi connectivity index (χ0n) is 24.0. The van der Waals surface area contributed by atoms with E-state index in [2.05, 4.69) is 4.90 Å². The first kappa shape index (κ1) is 27.5. The van der Waals surface area contributed by atoms with Crippen LogP contribution in [0, 0.1) is 0 Å². The van der Waals surface area contributed by atoms with Crippen LogP contribution >= 0.6 is 0 Å². The van der Waals surface area contributed by atoms with E-state index in [0.29, 0.717) is 55.7 Å². The van der Waals surface area contributed by atoms with Crippen molar-refractivity contribution in [2.24, 2.45) is 7.05 Å². The predicted octanol–water partition coefficient (Wildman–Crippen LogP) is 1.60. The van der Waals surface area contributed by atoms with Crippen molar-refractivity contribution >= 4 is 43.9 Å². The van der Waals surface area contributed by atoms with E-state index in [1.54, 1.807) is 16.5 Å². The summed E-state index contributed by atoms with van der Waals surface area (Å²) in [5.41, 5.74) is 2.10. The molecular formula is C27H35N9O4S. The maximum Gasteiger partial charge on any atom is 0.290 e. The van der Waals surface area contributed by atoms with Crippen LogP contribution in [-0.2, 0) is 28.2 Å². The van der Waals surface area contributed by atoms with Crippen molar-refractivity contribution in [3.05, 3.63) is 35.9 Å². The number of morpholine rings is 1. The Hall–Kier alpha value is -3.62. The Bertz CT molecular complexity index is 1760. The van der Waals surface area contributed by atoms with E-state index >= 15 is 0 Å². The first-order valence-corrected chi connectivity index (χ1v) is 15.7. The molecule has 2 fully saturated rings. The lowest BCUT2D eigenvalue weighted by atomic mass is 10.00. The number of nitrogens with zero attached hydrogens (tertiary/aromatic N) is 9. The molecule has 218 valence electrons. The number of sulfonamides is 1. The summed E-state index contributed by atoms with van der Waals surface area (Å²) in [6.07, 6.45) is 1.88. The van der Waals surface area contributed by atoms with Crippen LogP contribution in [0.15, 0.2) is 24.3 Å². The first-order valence-electron chi connectivity index (χ1n) is 13.8. The molecular weight excluding hydrogens is 546 g/mol. The predicted molar refractivity (Wildman–Crippen MR) is 155 cm³/mol. The molecule has 0 saturated carbocycles. The molecule has 0 bridgehead atoms. The number of amides is 1. The van der Waals surface area contributed by atoms with Crippen LogP contribution < -0.4 is 4.90 Å². The quantitative estimate of drug-likeness (QED) is 0.345. The summed E-state index contributed by atoms with van der Waals surface area (Å²) in [6, 6.07) is 7.89. The topological polar surface area (TPSA) is 132 Å². The number of carbonyl (C=O) groups is 1. The molecule has 2 aliphatic heterocycles. The van der Waals surface area contributed by atoms with Crippen molar-refractivity contribution in [3.63, 3.8) is 0 Å². The number of imidazole rings is 2. The molecule has 0 spiro atoms. The van der Waals surface area contributed by atoms with Gasteiger partial charge in [-0.05, 0) is 26.0 Å². The van der Waals surface area contributed by atoms with Gasteiger partial charge in [-0.25, -0.2) is 18.4 Å². The molecule has 2 saturated heterocycles. The van der Waals surface area contributed by atoms with Gasteiger partial charge in [0, 0.05) is 46.2 Å².